The van der Waals surface area contributed by atoms with Crippen molar-refractivity contribution >= 4 is 27.3 Å². The van der Waals surface area contributed by atoms with E-state index in [2.05, 4.69) is 5.32 Å². The lowest BCUT2D eigenvalue weighted by Crippen LogP contribution is -2.13. The van der Waals surface area contributed by atoms with Crippen molar-refractivity contribution in [2.24, 2.45) is 0 Å². The Labute approximate surface area is 172 Å². The van der Waals surface area contributed by atoms with Crippen LogP contribution in [0.4, 0.5) is 32.0 Å². The van der Waals surface area contributed by atoms with Crippen LogP contribution in [0.2, 0.25) is 0 Å². The molecule has 4 nitrogen and oxygen atoms in total. The highest BCUT2D eigenvalue weighted by molar-refractivity contribution is 8.04. The first-order chi connectivity index (χ1) is 13.8. The van der Waals surface area contributed by atoms with Crippen LogP contribution >= 0.6 is 11.8 Å². The molecular weight excluding hydrogens is 454 g/mol. The number of alkyl halides is 6. The fourth-order valence-corrected chi connectivity index (χ4v) is 4.51. The molecule has 30 heavy (non-hydrogen) atoms. The van der Waals surface area contributed by atoms with Gasteiger partial charge < -0.3 is 5.32 Å². The van der Waals surface area contributed by atoms with Crippen molar-refractivity contribution in [3.63, 3.8) is 0 Å². The average Bonchev–Trinajstić information content (AvgIpc) is 2.66. The Morgan fingerprint density at radius 1 is 0.967 bits per heavy atom. The van der Waals surface area contributed by atoms with Gasteiger partial charge in [-0.25, -0.2) is 8.42 Å². The summed E-state index contributed by atoms with van der Waals surface area (Å²) < 4.78 is 104. The third-order valence-corrected chi connectivity index (χ3v) is 6.25. The number of sulfone groups is 1. The van der Waals surface area contributed by atoms with E-state index in [1.807, 2.05) is 0 Å². The maximum atomic E-state index is 13.0. The standard InChI is InChI=1S/C18H12F6N2O2S2/c1-29-16(15(10-25)30(27,28)14-5-3-2-4-6-14)26-13-8-11(17(19,20)21)7-12(9-13)18(22,23)24/h2-9,26H,1H3/b16-15-. The third kappa shape index (κ3) is 5.28. The summed E-state index contributed by atoms with van der Waals surface area (Å²) in [7, 11) is -4.37. The van der Waals surface area contributed by atoms with Crippen LogP contribution in [0.1, 0.15) is 11.1 Å². The van der Waals surface area contributed by atoms with E-state index in [1.165, 1.54) is 42.7 Å². The number of benzene rings is 2. The molecule has 0 bridgehead atoms. The summed E-state index contributed by atoms with van der Waals surface area (Å²) in [4.78, 5) is -1.10. The fraction of sp³-hybridized carbons (Fsp3) is 0.167. The van der Waals surface area contributed by atoms with E-state index >= 15 is 0 Å². The van der Waals surface area contributed by atoms with E-state index in [0.29, 0.717) is 23.9 Å². The number of allylic oxidation sites excluding steroid dienone is 1. The van der Waals surface area contributed by atoms with Gasteiger partial charge >= 0.3 is 12.4 Å². The molecule has 0 spiro atoms. The van der Waals surface area contributed by atoms with Gasteiger partial charge in [-0.05, 0) is 36.6 Å². The Hall–Kier alpha value is -2.65. The van der Waals surface area contributed by atoms with Gasteiger partial charge in [0.25, 0.3) is 0 Å². The molecule has 160 valence electrons. The minimum absolute atomic E-state index is 0.0560. The highest BCUT2D eigenvalue weighted by atomic mass is 32.2. The summed E-state index contributed by atoms with van der Waals surface area (Å²) in [5.74, 6) is 0. The molecule has 0 saturated heterocycles. The molecule has 2 aromatic rings. The van der Waals surface area contributed by atoms with Crippen LogP contribution in [0, 0.1) is 11.3 Å². The lowest BCUT2D eigenvalue weighted by atomic mass is 10.1. The molecule has 2 rings (SSSR count). The highest BCUT2D eigenvalue weighted by Crippen LogP contribution is 2.38. The van der Waals surface area contributed by atoms with Crippen LogP contribution in [0.15, 0.2) is 63.4 Å². The van der Waals surface area contributed by atoms with Gasteiger partial charge in [0.1, 0.15) is 11.1 Å². The monoisotopic (exact) mass is 466 g/mol. The molecule has 12 heteroatoms. The Morgan fingerprint density at radius 3 is 1.87 bits per heavy atom. The van der Waals surface area contributed by atoms with Gasteiger partial charge in [0.2, 0.25) is 9.84 Å². The third-order valence-electron chi connectivity index (χ3n) is 3.68. The van der Waals surface area contributed by atoms with Crippen LogP contribution in [0.25, 0.3) is 0 Å². The summed E-state index contributed by atoms with van der Waals surface area (Å²) >= 11 is 0.650. The summed E-state index contributed by atoms with van der Waals surface area (Å²) in [5, 5.41) is 11.2. The van der Waals surface area contributed by atoms with Crippen LogP contribution in [0.5, 0.6) is 0 Å². The van der Waals surface area contributed by atoms with Gasteiger partial charge in [0, 0.05) is 5.69 Å². The summed E-state index contributed by atoms with van der Waals surface area (Å²) in [6.45, 7) is 0. The van der Waals surface area contributed by atoms with Gasteiger partial charge in [0.05, 0.1) is 16.0 Å². The number of hydrogen-bond donors (Lipinski definition) is 1. The zero-order valence-electron chi connectivity index (χ0n) is 15.0. The molecule has 0 saturated carbocycles. The van der Waals surface area contributed by atoms with Crippen LogP contribution in [0.3, 0.4) is 0 Å². The molecule has 0 fully saturated rings. The first-order valence-corrected chi connectivity index (χ1v) is 10.6. The van der Waals surface area contributed by atoms with Crippen molar-refractivity contribution in [2.75, 3.05) is 11.6 Å². The van der Waals surface area contributed by atoms with Crippen molar-refractivity contribution in [3.8, 4) is 6.07 Å². The molecule has 0 aliphatic heterocycles. The zero-order valence-corrected chi connectivity index (χ0v) is 16.6. The normalized spacial score (nSPS) is 13.4. The lowest BCUT2D eigenvalue weighted by molar-refractivity contribution is -0.143. The molecule has 0 aliphatic carbocycles. The van der Waals surface area contributed by atoms with E-state index in [9.17, 15) is 40.0 Å². The molecule has 0 atom stereocenters. The molecule has 0 unspecified atom stereocenters. The van der Waals surface area contributed by atoms with E-state index in [0.717, 1.165) is 0 Å². The number of hydrogen-bond acceptors (Lipinski definition) is 5. The van der Waals surface area contributed by atoms with E-state index < -0.39 is 48.9 Å². The number of nitrogens with one attached hydrogen (secondary N) is 1. The van der Waals surface area contributed by atoms with Crippen molar-refractivity contribution in [1.29, 1.82) is 5.26 Å². The van der Waals surface area contributed by atoms with E-state index in [-0.39, 0.29) is 11.0 Å². The van der Waals surface area contributed by atoms with Crippen LogP contribution in [-0.2, 0) is 22.2 Å². The highest BCUT2D eigenvalue weighted by Gasteiger charge is 2.37. The number of nitrogens with zero attached hydrogens (tertiary/aromatic N) is 1. The Kier molecular flexibility index (Phi) is 6.78. The quantitative estimate of drug-likeness (QED) is 0.455. The number of rotatable bonds is 5. The van der Waals surface area contributed by atoms with Gasteiger partial charge in [-0.3, -0.25) is 0 Å². The Morgan fingerprint density at radius 2 is 1.47 bits per heavy atom. The maximum absolute atomic E-state index is 13.0. The van der Waals surface area contributed by atoms with Crippen molar-refractivity contribution in [2.45, 2.75) is 17.2 Å². The number of nitriles is 1. The Balaban J connectivity index is 2.64. The first kappa shape index (κ1) is 23.6. The molecule has 0 aliphatic rings. The second-order valence-corrected chi connectivity index (χ2v) is 8.41. The van der Waals surface area contributed by atoms with Gasteiger partial charge in [-0.15, -0.1) is 11.8 Å². The average molecular weight is 466 g/mol. The van der Waals surface area contributed by atoms with Crippen molar-refractivity contribution in [1.82, 2.24) is 0 Å². The number of halogens is 6. The van der Waals surface area contributed by atoms with E-state index in [4.69, 9.17) is 0 Å². The second kappa shape index (κ2) is 8.61. The van der Waals surface area contributed by atoms with Gasteiger partial charge in [0.15, 0.2) is 4.91 Å². The SMILES string of the molecule is CS/C(Nc1cc(C(F)(F)F)cc(C(F)(F)F)c1)=C(/C#N)S(=O)(=O)c1ccccc1. The summed E-state index contributed by atoms with van der Waals surface area (Å²) in [6, 6.07) is 8.95. The number of anilines is 1. The molecule has 0 aromatic heterocycles. The summed E-state index contributed by atoms with van der Waals surface area (Å²) in [6.07, 6.45) is -8.83. The molecule has 0 amide bonds. The summed E-state index contributed by atoms with van der Waals surface area (Å²) in [5.41, 5.74) is -3.83. The van der Waals surface area contributed by atoms with Crippen molar-refractivity contribution in [3.05, 3.63) is 69.6 Å². The maximum Gasteiger partial charge on any atom is 0.416 e. The molecule has 0 radical (unpaired) electrons. The largest absolute Gasteiger partial charge is 0.416 e. The Bertz CT molecular complexity index is 1070. The molecule has 2 aromatic carbocycles. The predicted octanol–water partition coefficient (Wildman–Crippen LogP) is 5.67. The van der Waals surface area contributed by atoms with Gasteiger partial charge in [-0.1, -0.05) is 18.2 Å². The lowest BCUT2D eigenvalue weighted by Gasteiger charge is -2.17. The predicted molar refractivity (Wildman–Crippen MR) is 99.9 cm³/mol. The minimum atomic E-state index is -5.07. The zero-order chi connectivity index (χ0) is 22.7. The molecule has 1 N–H and O–H groups in total. The topological polar surface area (TPSA) is 70.0 Å². The van der Waals surface area contributed by atoms with Crippen LogP contribution in [-0.4, -0.2) is 14.7 Å². The van der Waals surface area contributed by atoms with Gasteiger partial charge in [-0.2, -0.15) is 31.6 Å². The van der Waals surface area contributed by atoms with Crippen molar-refractivity contribution < 1.29 is 34.8 Å². The van der Waals surface area contributed by atoms with E-state index in [1.54, 1.807) is 0 Å². The minimum Gasteiger partial charge on any atom is -0.349 e. The molecule has 0 heterocycles. The first-order valence-electron chi connectivity index (χ1n) is 7.85. The fourth-order valence-electron chi connectivity index (χ4n) is 2.31. The van der Waals surface area contributed by atoms with Crippen LogP contribution < -0.4 is 5.32 Å². The molecular formula is C18H12F6N2O2S2. The number of thioether (sulfide) groups is 1. The smallest absolute Gasteiger partial charge is 0.349 e. The second-order valence-electron chi connectivity index (χ2n) is 5.71.